The van der Waals surface area contributed by atoms with Crippen LogP contribution in [0.25, 0.3) is 0 Å². The largest absolute Gasteiger partial charge is 0.368 e. The number of unbranched alkanes of at least 4 members (excludes halogenated alkanes) is 1. The van der Waals surface area contributed by atoms with E-state index in [1.165, 1.54) is 0 Å². The zero-order chi connectivity index (χ0) is 15.3. The molecule has 0 fully saturated rings. The molecule has 5 nitrogen and oxygen atoms in total. The molecule has 1 heterocycles. The first-order valence-corrected chi connectivity index (χ1v) is 7.39. The van der Waals surface area contributed by atoms with Crippen molar-refractivity contribution in [3.8, 4) is 0 Å². The lowest BCUT2D eigenvalue weighted by atomic mass is 9.93. The number of primary amides is 1. The second kappa shape index (κ2) is 7.09. The minimum Gasteiger partial charge on any atom is -0.368 e. The molecule has 0 saturated carbocycles. The summed E-state index contributed by atoms with van der Waals surface area (Å²) >= 11 is 5.96. The summed E-state index contributed by atoms with van der Waals surface area (Å²) in [7, 11) is 0. The van der Waals surface area contributed by atoms with E-state index in [0.29, 0.717) is 11.4 Å². The highest BCUT2D eigenvalue weighted by molar-refractivity contribution is 6.31. The first-order valence-electron chi connectivity index (χ1n) is 7.02. The van der Waals surface area contributed by atoms with Gasteiger partial charge >= 0.3 is 0 Å². The van der Waals surface area contributed by atoms with Gasteiger partial charge in [0.15, 0.2) is 0 Å². The maximum atomic E-state index is 11.6. The third-order valence-corrected chi connectivity index (χ3v) is 3.86. The van der Waals surface area contributed by atoms with Crippen LogP contribution in [0.3, 0.4) is 0 Å². The third-order valence-electron chi connectivity index (χ3n) is 3.49. The first kappa shape index (κ1) is 17.0. The molecule has 0 radical (unpaired) electrons. The molecule has 1 aromatic heterocycles. The number of nitrogens with two attached hydrogens (primary N) is 1. The van der Waals surface area contributed by atoms with Crippen molar-refractivity contribution < 1.29 is 4.79 Å². The predicted molar refractivity (Wildman–Crippen MR) is 81.7 cm³/mol. The van der Waals surface area contributed by atoms with Crippen molar-refractivity contribution in [3.05, 3.63) is 16.9 Å². The molecule has 1 rings (SSSR count). The monoisotopic (exact) mass is 300 g/mol. The molecule has 3 N–H and O–H groups in total. The van der Waals surface area contributed by atoms with Gasteiger partial charge in [-0.05, 0) is 47.0 Å². The molecular formula is C14H25ClN4O. The topological polar surface area (TPSA) is 72.9 Å². The lowest BCUT2D eigenvalue weighted by Crippen LogP contribution is -2.55. The maximum Gasteiger partial charge on any atom is 0.237 e. The zero-order valence-corrected chi connectivity index (χ0v) is 13.5. The molecule has 1 aromatic rings. The van der Waals surface area contributed by atoms with E-state index in [-0.39, 0.29) is 11.9 Å². The van der Waals surface area contributed by atoms with Gasteiger partial charge in [0, 0.05) is 12.6 Å². The van der Waals surface area contributed by atoms with Crippen molar-refractivity contribution in [1.29, 1.82) is 0 Å². The molecule has 1 atom stereocenters. The Morgan fingerprint density at radius 1 is 1.55 bits per heavy atom. The van der Waals surface area contributed by atoms with Crippen LogP contribution >= 0.6 is 11.6 Å². The fourth-order valence-electron chi connectivity index (χ4n) is 2.29. The maximum absolute atomic E-state index is 11.6. The fourth-order valence-corrected chi connectivity index (χ4v) is 2.43. The normalized spacial score (nSPS) is 14.5. The first-order chi connectivity index (χ1) is 9.26. The number of hydrogen-bond acceptors (Lipinski definition) is 3. The quantitative estimate of drug-likeness (QED) is 0.723. The third kappa shape index (κ3) is 4.49. The van der Waals surface area contributed by atoms with Crippen LogP contribution in [0.15, 0.2) is 6.20 Å². The summed E-state index contributed by atoms with van der Waals surface area (Å²) in [4.78, 5) is 11.6. The highest BCUT2D eigenvalue weighted by atomic mass is 35.5. The minimum absolute atomic E-state index is 0.222. The van der Waals surface area contributed by atoms with Crippen molar-refractivity contribution >= 4 is 17.5 Å². The molecular weight excluding hydrogens is 276 g/mol. The summed E-state index contributed by atoms with van der Waals surface area (Å²) in [5.74, 6) is -0.301. The van der Waals surface area contributed by atoms with E-state index in [1.807, 2.05) is 32.4 Å². The number of aromatic nitrogens is 2. The summed E-state index contributed by atoms with van der Waals surface area (Å²) in [6, 6.07) is 0.222. The zero-order valence-electron chi connectivity index (χ0n) is 12.7. The van der Waals surface area contributed by atoms with Crippen LogP contribution in [0.4, 0.5) is 0 Å². The number of carbonyl (C=O) groups excluding carboxylic acids is 1. The molecule has 0 aromatic carbocycles. The van der Waals surface area contributed by atoms with Crippen LogP contribution in [-0.2, 0) is 11.3 Å². The van der Waals surface area contributed by atoms with Crippen molar-refractivity contribution in [2.45, 2.75) is 65.1 Å². The summed E-state index contributed by atoms with van der Waals surface area (Å²) in [6.45, 7) is 8.64. The van der Waals surface area contributed by atoms with Gasteiger partial charge in [-0.15, -0.1) is 0 Å². The molecule has 0 saturated heterocycles. The Kier molecular flexibility index (Phi) is 6.02. The van der Waals surface area contributed by atoms with Gasteiger partial charge in [-0.2, -0.15) is 5.10 Å². The molecule has 0 spiro atoms. The standard InChI is InChI=1S/C14H25ClN4O/c1-10(2)18-14(4,13(16)20)7-5-6-8-19-11(3)12(15)9-17-19/h9-10,18H,5-8H2,1-4H3,(H2,16,20). The fraction of sp³-hybridized carbons (Fsp3) is 0.714. The molecule has 0 aliphatic heterocycles. The number of amides is 1. The number of nitrogens with zero attached hydrogens (tertiary/aromatic N) is 2. The van der Waals surface area contributed by atoms with E-state index in [0.717, 1.165) is 25.1 Å². The van der Waals surface area contributed by atoms with Gasteiger partial charge in [0.25, 0.3) is 0 Å². The van der Waals surface area contributed by atoms with Gasteiger partial charge in [0.2, 0.25) is 5.91 Å². The van der Waals surface area contributed by atoms with E-state index < -0.39 is 5.54 Å². The van der Waals surface area contributed by atoms with Crippen molar-refractivity contribution in [3.63, 3.8) is 0 Å². The molecule has 114 valence electrons. The van der Waals surface area contributed by atoms with Crippen molar-refractivity contribution in [2.75, 3.05) is 0 Å². The smallest absolute Gasteiger partial charge is 0.237 e. The number of aryl methyl sites for hydroxylation is 1. The Hall–Kier alpha value is -1.07. The molecule has 1 unspecified atom stereocenters. The van der Waals surface area contributed by atoms with Crippen molar-refractivity contribution in [2.24, 2.45) is 5.73 Å². The van der Waals surface area contributed by atoms with Gasteiger partial charge in [-0.25, -0.2) is 0 Å². The second-order valence-electron chi connectivity index (χ2n) is 5.75. The summed E-state index contributed by atoms with van der Waals surface area (Å²) in [6.07, 6.45) is 4.21. The Morgan fingerprint density at radius 2 is 2.20 bits per heavy atom. The van der Waals surface area contributed by atoms with E-state index in [4.69, 9.17) is 17.3 Å². The van der Waals surface area contributed by atoms with E-state index >= 15 is 0 Å². The van der Waals surface area contributed by atoms with Gasteiger partial charge in [0.05, 0.1) is 22.5 Å². The van der Waals surface area contributed by atoms with Crippen LogP contribution in [0.5, 0.6) is 0 Å². The van der Waals surface area contributed by atoms with E-state index in [1.54, 1.807) is 6.20 Å². The molecule has 20 heavy (non-hydrogen) atoms. The summed E-state index contributed by atoms with van der Waals surface area (Å²) < 4.78 is 1.89. The molecule has 0 aliphatic rings. The molecule has 0 bridgehead atoms. The van der Waals surface area contributed by atoms with Crippen LogP contribution < -0.4 is 11.1 Å². The van der Waals surface area contributed by atoms with E-state index in [9.17, 15) is 4.79 Å². The highest BCUT2D eigenvalue weighted by Gasteiger charge is 2.30. The van der Waals surface area contributed by atoms with Crippen LogP contribution in [-0.4, -0.2) is 27.3 Å². The van der Waals surface area contributed by atoms with Gasteiger partial charge in [0.1, 0.15) is 0 Å². The number of rotatable bonds is 8. The van der Waals surface area contributed by atoms with Gasteiger partial charge in [-0.1, -0.05) is 11.6 Å². The predicted octanol–water partition coefficient (Wildman–Crippen LogP) is 2.26. The van der Waals surface area contributed by atoms with Crippen molar-refractivity contribution in [1.82, 2.24) is 15.1 Å². The van der Waals surface area contributed by atoms with Crippen LogP contribution in [0.1, 0.15) is 45.7 Å². The molecule has 0 aliphatic carbocycles. The Morgan fingerprint density at radius 3 is 2.65 bits per heavy atom. The summed E-state index contributed by atoms with van der Waals surface area (Å²) in [5.41, 5.74) is 5.83. The minimum atomic E-state index is -0.648. The van der Waals surface area contributed by atoms with Gasteiger partial charge in [-0.3, -0.25) is 9.48 Å². The van der Waals surface area contributed by atoms with Crippen LogP contribution in [0, 0.1) is 6.92 Å². The SMILES string of the molecule is Cc1c(Cl)cnn1CCCCC(C)(NC(C)C)C(N)=O. The number of halogens is 1. The Bertz CT molecular complexity index is 458. The average Bonchev–Trinajstić information content (AvgIpc) is 2.65. The second-order valence-corrected chi connectivity index (χ2v) is 6.16. The number of carbonyl (C=O) groups is 1. The lowest BCUT2D eigenvalue weighted by molar-refractivity contribution is -0.124. The highest BCUT2D eigenvalue weighted by Crippen LogP contribution is 2.17. The average molecular weight is 301 g/mol. The van der Waals surface area contributed by atoms with E-state index in [2.05, 4.69) is 10.4 Å². The molecule has 1 amide bonds. The molecule has 6 heteroatoms. The Balaban J connectivity index is 2.45. The number of hydrogen-bond donors (Lipinski definition) is 2. The van der Waals surface area contributed by atoms with Gasteiger partial charge < -0.3 is 11.1 Å². The summed E-state index contributed by atoms with van der Waals surface area (Å²) in [5, 5.41) is 8.15. The number of nitrogens with one attached hydrogen (secondary N) is 1. The van der Waals surface area contributed by atoms with Crippen LogP contribution in [0.2, 0.25) is 5.02 Å². The Labute approximate surface area is 125 Å². The lowest BCUT2D eigenvalue weighted by Gasteiger charge is -2.29.